The fourth-order valence-corrected chi connectivity index (χ4v) is 5.25. The molecule has 1 aliphatic rings. The summed E-state index contributed by atoms with van der Waals surface area (Å²) in [7, 11) is 1.68. The summed E-state index contributed by atoms with van der Waals surface area (Å²) >= 11 is 12.9. The molecule has 4 aromatic heterocycles. The van der Waals surface area contributed by atoms with Crippen LogP contribution in [-0.4, -0.2) is 47.1 Å². The molecule has 0 radical (unpaired) electrons. The van der Waals surface area contributed by atoms with Crippen LogP contribution in [0.3, 0.4) is 0 Å². The number of anilines is 2. The van der Waals surface area contributed by atoms with Crippen LogP contribution in [0.15, 0.2) is 43.0 Å². The third-order valence-electron chi connectivity index (χ3n) is 6.56. The fourth-order valence-electron chi connectivity index (χ4n) is 4.71. The molecule has 0 bridgehead atoms. The van der Waals surface area contributed by atoms with Gasteiger partial charge in [0.1, 0.15) is 16.1 Å². The largest absolute Gasteiger partial charge is 0.450 e. The zero-order valence-corrected chi connectivity index (χ0v) is 22.0. The molecule has 0 unspecified atom stereocenters. The van der Waals surface area contributed by atoms with Gasteiger partial charge in [0.15, 0.2) is 22.3 Å². The normalized spacial score (nSPS) is 14.5. The molecule has 1 aromatic carbocycles. The van der Waals surface area contributed by atoms with Gasteiger partial charge in [0, 0.05) is 31.7 Å². The summed E-state index contributed by atoms with van der Waals surface area (Å²) in [6.07, 6.45) is 3.63. The van der Waals surface area contributed by atoms with E-state index >= 15 is 0 Å². The van der Waals surface area contributed by atoms with Crippen molar-refractivity contribution in [3.8, 4) is 11.5 Å². The smallest absolute Gasteiger partial charge is 0.416 e. The first-order valence-electron chi connectivity index (χ1n) is 12.0. The Morgan fingerprint density at radius 3 is 2.59 bits per heavy atom. The SMILES string of the molecule is Cn1c(Nc2cc(CN3CCCC3)cc(C(F)(F)F)c2)nc2ncc(Oc3cnn4ccnc(Cl)c34)c(Cl)c21. The summed E-state index contributed by atoms with van der Waals surface area (Å²) < 4.78 is 50.2. The van der Waals surface area contributed by atoms with E-state index in [4.69, 9.17) is 27.9 Å². The predicted octanol–water partition coefficient (Wildman–Crippen LogP) is 6.47. The van der Waals surface area contributed by atoms with Crippen LogP contribution in [-0.2, 0) is 19.8 Å². The van der Waals surface area contributed by atoms with Crippen molar-refractivity contribution >= 4 is 51.5 Å². The maximum atomic E-state index is 13.7. The van der Waals surface area contributed by atoms with Crippen LogP contribution >= 0.6 is 23.2 Å². The van der Waals surface area contributed by atoms with Crippen LogP contribution in [0, 0.1) is 0 Å². The molecule has 0 saturated carbocycles. The van der Waals surface area contributed by atoms with Crippen molar-refractivity contribution < 1.29 is 17.9 Å². The van der Waals surface area contributed by atoms with E-state index in [1.54, 1.807) is 23.9 Å². The van der Waals surface area contributed by atoms with Crippen molar-refractivity contribution in [1.29, 1.82) is 0 Å². The summed E-state index contributed by atoms with van der Waals surface area (Å²) in [5.74, 6) is 0.817. The lowest BCUT2D eigenvalue weighted by Gasteiger charge is -2.18. The van der Waals surface area contributed by atoms with E-state index in [9.17, 15) is 13.2 Å². The van der Waals surface area contributed by atoms with E-state index in [-0.39, 0.29) is 27.6 Å². The number of fused-ring (bicyclic) bond motifs is 2. The number of aryl methyl sites for hydroxylation is 1. The Kier molecular flexibility index (Phi) is 6.48. The van der Waals surface area contributed by atoms with E-state index in [1.807, 2.05) is 0 Å². The predicted molar refractivity (Wildman–Crippen MR) is 141 cm³/mol. The highest BCUT2D eigenvalue weighted by Crippen LogP contribution is 2.38. The molecule has 14 heteroatoms. The topological polar surface area (TPSA) is 85.4 Å². The van der Waals surface area contributed by atoms with Crippen molar-refractivity contribution in [2.75, 3.05) is 18.4 Å². The molecule has 5 aromatic rings. The molecule has 1 fully saturated rings. The highest BCUT2D eigenvalue weighted by atomic mass is 35.5. The molecule has 39 heavy (non-hydrogen) atoms. The van der Waals surface area contributed by atoms with Gasteiger partial charge in [-0.2, -0.15) is 23.3 Å². The summed E-state index contributed by atoms with van der Waals surface area (Å²) in [6.45, 7) is 2.19. The maximum Gasteiger partial charge on any atom is 0.416 e. The number of alkyl halides is 3. The Balaban J connectivity index is 1.33. The van der Waals surface area contributed by atoms with Gasteiger partial charge in [-0.15, -0.1) is 0 Å². The minimum atomic E-state index is -4.49. The number of ether oxygens (including phenoxy) is 1. The molecule has 5 heterocycles. The van der Waals surface area contributed by atoms with Crippen molar-refractivity contribution in [3.63, 3.8) is 0 Å². The van der Waals surface area contributed by atoms with Crippen LogP contribution < -0.4 is 10.1 Å². The molecule has 1 saturated heterocycles. The van der Waals surface area contributed by atoms with E-state index in [1.165, 1.54) is 29.2 Å². The molecular weight excluding hydrogens is 556 g/mol. The summed E-state index contributed by atoms with van der Waals surface area (Å²) in [6, 6.07) is 3.97. The first-order valence-corrected chi connectivity index (χ1v) is 12.8. The van der Waals surface area contributed by atoms with E-state index in [0.717, 1.165) is 32.0 Å². The van der Waals surface area contributed by atoms with E-state index in [2.05, 4.69) is 30.3 Å². The van der Waals surface area contributed by atoms with E-state index < -0.39 is 11.7 Å². The van der Waals surface area contributed by atoms with Gasteiger partial charge < -0.3 is 14.6 Å². The van der Waals surface area contributed by atoms with E-state index in [0.29, 0.717) is 34.5 Å². The highest BCUT2D eigenvalue weighted by Gasteiger charge is 2.31. The monoisotopic (exact) mass is 576 g/mol. The van der Waals surface area contributed by atoms with Gasteiger partial charge in [0.05, 0.1) is 18.0 Å². The molecular formula is C25H21Cl2F3N8O. The molecule has 0 amide bonds. The molecule has 9 nitrogen and oxygen atoms in total. The number of halogens is 5. The van der Waals surface area contributed by atoms with Gasteiger partial charge in [0.2, 0.25) is 5.95 Å². The number of nitrogens with one attached hydrogen (secondary N) is 1. The van der Waals surface area contributed by atoms with Gasteiger partial charge in [-0.1, -0.05) is 23.2 Å². The fraction of sp³-hybridized carbons (Fsp3) is 0.280. The number of benzene rings is 1. The Bertz CT molecular complexity index is 1690. The number of pyridine rings is 1. The van der Waals surface area contributed by atoms with Gasteiger partial charge in [-0.3, -0.25) is 4.90 Å². The number of imidazole rings is 1. The molecule has 0 aliphatic carbocycles. The average Bonchev–Trinajstić information content (AvgIpc) is 3.61. The first kappa shape index (κ1) is 25.7. The van der Waals surface area contributed by atoms with Crippen LogP contribution in [0.5, 0.6) is 11.5 Å². The van der Waals surface area contributed by atoms with Crippen molar-refractivity contribution in [2.24, 2.45) is 7.05 Å². The van der Waals surface area contributed by atoms with Crippen LogP contribution in [0.25, 0.3) is 16.7 Å². The number of nitrogens with zero attached hydrogens (tertiary/aromatic N) is 7. The second-order valence-corrected chi connectivity index (χ2v) is 9.99. The number of likely N-dealkylation sites (tertiary alicyclic amines) is 1. The number of hydrogen-bond acceptors (Lipinski definition) is 7. The summed E-state index contributed by atoms with van der Waals surface area (Å²) in [4.78, 5) is 15.0. The lowest BCUT2D eigenvalue weighted by molar-refractivity contribution is -0.137. The van der Waals surface area contributed by atoms with Crippen molar-refractivity contribution in [2.45, 2.75) is 25.6 Å². The number of rotatable bonds is 6. The minimum absolute atomic E-state index is 0.201. The second-order valence-electron chi connectivity index (χ2n) is 9.25. The van der Waals surface area contributed by atoms with Crippen molar-refractivity contribution in [3.05, 3.63) is 64.3 Å². The second kappa shape index (κ2) is 9.85. The quantitative estimate of drug-likeness (QED) is 0.248. The molecule has 1 N–H and O–H groups in total. The Morgan fingerprint density at radius 2 is 1.82 bits per heavy atom. The van der Waals surface area contributed by atoms with Crippen molar-refractivity contribution in [1.82, 2.24) is 34.0 Å². The van der Waals surface area contributed by atoms with Crippen LogP contribution in [0.4, 0.5) is 24.8 Å². The maximum absolute atomic E-state index is 13.7. The molecule has 1 aliphatic heterocycles. The number of aromatic nitrogens is 6. The number of hydrogen-bond donors (Lipinski definition) is 1. The standard InChI is InChI=1S/C25H21Cl2F3N8O/c1-36-21-19(26)17(39-18-12-33-38-7-4-31-22(27)20(18)38)11-32-23(21)35-24(36)34-16-9-14(13-37-5-2-3-6-37)8-15(10-16)25(28,29)30/h4,7-12H,2-3,5-6,13H2,1H3,(H,32,34,35). The Hall–Kier alpha value is -3.61. The van der Waals surface area contributed by atoms with Gasteiger partial charge >= 0.3 is 6.18 Å². The third-order valence-corrected chi connectivity index (χ3v) is 7.20. The molecule has 6 rings (SSSR count). The Labute approximate surface area is 230 Å². The summed E-state index contributed by atoms with van der Waals surface area (Å²) in [5, 5.41) is 7.62. The molecule has 202 valence electrons. The van der Waals surface area contributed by atoms with Gasteiger partial charge in [-0.25, -0.2) is 14.5 Å². The van der Waals surface area contributed by atoms with Crippen LogP contribution in [0.1, 0.15) is 24.0 Å². The zero-order valence-electron chi connectivity index (χ0n) is 20.5. The van der Waals surface area contributed by atoms with Crippen LogP contribution in [0.2, 0.25) is 10.2 Å². The summed E-state index contributed by atoms with van der Waals surface area (Å²) in [5.41, 5.74) is 1.29. The average molecular weight is 577 g/mol. The lowest BCUT2D eigenvalue weighted by atomic mass is 10.1. The highest BCUT2D eigenvalue weighted by molar-refractivity contribution is 6.36. The third kappa shape index (κ3) is 4.95. The van der Waals surface area contributed by atoms with Gasteiger partial charge in [-0.05, 0) is 49.7 Å². The lowest BCUT2D eigenvalue weighted by Crippen LogP contribution is -2.19. The molecule has 0 atom stereocenters. The molecule has 0 spiro atoms. The zero-order chi connectivity index (χ0) is 27.3. The first-order chi connectivity index (χ1) is 18.7. The van der Waals surface area contributed by atoms with Gasteiger partial charge in [0.25, 0.3) is 0 Å². The Morgan fingerprint density at radius 1 is 1.03 bits per heavy atom. The minimum Gasteiger partial charge on any atom is -0.450 e.